The Bertz CT molecular complexity index is 376. The number of nitrogens with one attached hydrogen (secondary N) is 2. The summed E-state index contributed by atoms with van der Waals surface area (Å²) in [6.07, 6.45) is 0.374. The summed E-state index contributed by atoms with van der Waals surface area (Å²) in [5, 5.41) is 13.7. The number of amides is 2. The summed E-state index contributed by atoms with van der Waals surface area (Å²) in [4.78, 5) is 18.7. The number of carbonyl (C=O) groups excluding carboxylic acids is 1. The van der Waals surface area contributed by atoms with Crippen LogP contribution in [0, 0.1) is 0 Å². The maximum absolute atomic E-state index is 11.0. The van der Waals surface area contributed by atoms with Crippen molar-refractivity contribution in [3.05, 3.63) is 30.1 Å². The van der Waals surface area contributed by atoms with Gasteiger partial charge in [-0.3, -0.25) is 15.6 Å². The van der Waals surface area contributed by atoms with Crippen LogP contribution in [0.15, 0.2) is 29.4 Å². The summed E-state index contributed by atoms with van der Waals surface area (Å²) in [7, 11) is 0. The third kappa shape index (κ3) is 1.69. The highest BCUT2D eigenvalue weighted by Crippen LogP contribution is 1.99. The second kappa shape index (κ2) is 3.43. The third-order valence-electron chi connectivity index (χ3n) is 1.65. The van der Waals surface area contributed by atoms with E-state index in [1.807, 2.05) is 0 Å². The zero-order chi connectivity index (χ0) is 9.97. The molecule has 1 aliphatic rings. The summed E-state index contributed by atoms with van der Waals surface area (Å²) >= 11 is 0. The lowest BCUT2D eigenvalue weighted by atomic mass is 10.3. The minimum atomic E-state index is -1.21. The molecule has 0 fully saturated rings. The van der Waals surface area contributed by atoms with Crippen LogP contribution in [0.2, 0.25) is 0 Å². The number of aliphatic hydroxyl groups excluding tert-OH is 1. The van der Waals surface area contributed by atoms with E-state index in [4.69, 9.17) is 5.11 Å². The van der Waals surface area contributed by atoms with Crippen molar-refractivity contribution in [2.24, 2.45) is 4.99 Å². The van der Waals surface area contributed by atoms with E-state index in [0.29, 0.717) is 5.69 Å². The van der Waals surface area contributed by atoms with Crippen molar-refractivity contribution < 1.29 is 9.90 Å². The zero-order valence-corrected chi connectivity index (χ0v) is 7.14. The maximum atomic E-state index is 11.0. The molecule has 0 spiro atoms. The Labute approximate surface area is 79.7 Å². The van der Waals surface area contributed by atoms with Crippen LogP contribution in [-0.4, -0.2) is 28.3 Å². The molecule has 1 atom stereocenters. The lowest BCUT2D eigenvalue weighted by Gasteiger charge is -2.18. The van der Waals surface area contributed by atoms with Gasteiger partial charge in [0.05, 0.1) is 0 Å². The van der Waals surface area contributed by atoms with Crippen LogP contribution < -0.4 is 10.6 Å². The molecular formula is C8H8N4O2. The van der Waals surface area contributed by atoms with Crippen LogP contribution in [0.3, 0.4) is 0 Å². The molecule has 0 saturated carbocycles. The maximum Gasteiger partial charge on any atom is 0.323 e. The number of aliphatic imine (C=N–C) groups is 1. The fourth-order valence-electron chi connectivity index (χ4n) is 1.08. The molecule has 2 heterocycles. The Hall–Kier alpha value is -1.95. The van der Waals surface area contributed by atoms with Gasteiger partial charge >= 0.3 is 6.03 Å². The summed E-state index contributed by atoms with van der Waals surface area (Å²) in [6, 6.07) is 4.72. The van der Waals surface area contributed by atoms with Gasteiger partial charge in [-0.25, -0.2) is 9.79 Å². The van der Waals surface area contributed by atoms with Crippen LogP contribution in [0.1, 0.15) is 5.69 Å². The van der Waals surface area contributed by atoms with Gasteiger partial charge in [-0.1, -0.05) is 6.07 Å². The molecule has 2 amide bonds. The smallest absolute Gasteiger partial charge is 0.323 e. The second-order valence-electron chi connectivity index (χ2n) is 2.66. The summed E-state index contributed by atoms with van der Waals surface area (Å²) in [6.45, 7) is 0. The molecule has 14 heavy (non-hydrogen) atoms. The number of amidine groups is 1. The largest absolute Gasteiger partial charge is 0.355 e. The number of hydrogen-bond donors (Lipinski definition) is 3. The van der Waals surface area contributed by atoms with Crippen LogP contribution in [0.25, 0.3) is 0 Å². The molecule has 1 aromatic rings. The van der Waals surface area contributed by atoms with Gasteiger partial charge in [0.2, 0.25) is 6.35 Å². The Kier molecular flexibility index (Phi) is 2.11. The number of aromatic nitrogens is 1. The van der Waals surface area contributed by atoms with E-state index in [1.54, 1.807) is 24.4 Å². The molecule has 0 aliphatic carbocycles. The predicted octanol–water partition coefficient (Wildman–Crippen LogP) is -0.583. The van der Waals surface area contributed by atoms with Gasteiger partial charge in [0.1, 0.15) is 5.69 Å². The van der Waals surface area contributed by atoms with Crippen molar-refractivity contribution in [2.75, 3.05) is 0 Å². The average Bonchev–Trinajstić information content (AvgIpc) is 2.18. The Morgan fingerprint density at radius 3 is 2.93 bits per heavy atom. The number of nitrogens with zero attached hydrogens (tertiary/aromatic N) is 2. The number of hydrogen-bond acceptors (Lipinski definition) is 4. The van der Waals surface area contributed by atoms with E-state index in [2.05, 4.69) is 20.6 Å². The first-order valence-corrected chi connectivity index (χ1v) is 4.00. The van der Waals surface area contributed by atoms with Crippen molar-refractivity contribution in [1.82, 2.24) is 15.6 Å². The quantitative estimate of drug-likeness (QED) is 0.556. The van der Waals surface area contributed by atoms with Gasteiger partial charge in [-0.2, -0.15) is 0 Å². The fraction of sp³-hybridized carbons (Fsp3) is 0.125. The standard InChI is InChI=1S/C8H8N4O2/c13-7-10-6(11-8(14)12-7)5-3-1-2-4-9-5/h1-4,7,13H,(H2,10,11,12,14). The number of urea groups is 1. The summed E-state index contributed by atoms with van der Waals surface area (Å²) in [5.74, 6) is 0.266. The van der Waals surface area contributed by atoms with Crippen LogP contribution in [0.4, 0.5) is 4.79 Å². The highest BCUT2D eigenvalue weighted by Gasteiger charge is 2.18. The Morgan fingerprint density at radius 2 is 2.29 bits per heavy atom. The zero-order valence-electron chi connectivity index (χ0n) is 7.14. The van der Waals surface area contributed by atoms with Gasteiger partial charge in [-0.15, -0.1) is 0 Å². The van der Waals surface area contributed by atoms with Crippen LogP contribution in [0.5, 0.6) is 0 Å². The summed E-state index contributed by atoms with van der Waals surface area (Å²) in [5.41, 5.74) is 0.515. The lowest BCUT2D eigenvalue weighted by Crippen LogP contribution is -2.50. The molecule has 0 radical (unpaired) electrons. The number of rotatable bonds is 1. The van der Waals surface area contributed by atoms with Gasteiger partial charge in [0.25, 0.3) is 0 Å². The molecule has 1 aliphatic heterocycles. The van der Waals surface area contributed by atoms with Crippen molar-refractivity contribution in [3.8, 4) is 0 Å². The number of pyridine rings is 1. The molecule has 72 valence electrons. The first-order chi connectivity index (χ1) is 6.75. The van der Waals surface area contributed by atoms with E-state index in [1.165, 1.54) is 0 Å². The Morgan fingerprint density at radius 1 is 1.43 bits per heavy atom. The monoisotopic (exact) mass is 192 g/mol. The molecule has 0 bridgehead atoms. The fourth-order valence-corrected chi connectivity index (χ4v) is 1.08. The highest BCUT2D eigenvalue weighted by molar-refractivity contribution is 6.07. The molecule has 2 rings (SSSR count). The van der Waals surface area contributed by atoms with Crippen molar-refractivity contribution in [2.45, 2.75) is 6.35 Å². The van der Waals surface area contributed by atoms with E-state index in [9.17, 15) is 4.79 Å². The van der Waals surface area contributed by atoms with E-state index >= 15 is 0 Å². The normalized spacial score (nSPS) is 20.8. The summed E-state index contributed by atoms with van der Waals surface area (Å²) < 4.78 is 0. The average molecular weight is 192 g/mol. The van der Waals surface area contributed by atoms with Gasteiger partial charge in [0, 0.05) is 6.20 Å². The minimum Gasteiger partial charge on any atom is -0.355 e. The molecule has 6 nitrogen and oxygen atoms in total. The third-order valence-corrected chi connectivity index (χ3v) is 1.65. The second-order valence-corrected chi connectivity index (χ2v) is 2.66. The first-order valence-electron chi connectivity index (χ1n) is 4.00. The van der Waals surface area contributed by atoms with Crippen molar-refractivity contribution in [1.29, 1.82) is 0 Å². The molecule has 6 heteroatoms. The van der Waals surface area contributed by atoms with E-state index in [-0.39, 0.29) is 5.84 Å². The molecule has 0 saturated heterocycles. The van der Waals surface area contributed by atoms with Gasteiger partial charge in [-0.05, 0) is 12.1 Å². The SMILES string of the molecule is O=C1NC(c2ccccn2)=NC(O)N1. The van der Waals surface area contributed by atoms with Gasteiger partial charge in [0.15, 0.2) is 5.84 Å². The minimum absolute atomic E-state index is 0.266. The predicted molar refractivity (Wildman–Crippen MR) is 48.4 cm³/mol. The van der Waals surface area contributed by atoms with E-state index < -0.39 is 12.4 Å². The topological polar surface area (TPSA) is 86.6 Å². The number of aliphatic hydroxyl groups is 1. The van der Waals surface area contributed by atoms with Crippen LogP contribution in [-0.2, 0) is 0 Å². The first kappa shape index (κ1) is 8.64. The number of carbonyl (C=O) groups is 1. The van der Waals surface area contributed by atoms with Crippen LogP contribution >= 0.6 is 0 Å². The molecule has 0 aromatic carbocycles. The highest BCUT2D eigenvalue weighted by atomic mass is 16.3. The van der Waals surface area contributed by atoms with Crippen molar-refractivity contribution in [3.63, 3.8) is 0 Å². The van der Waals surface area contributed by atoms with E-state index in [0.717, 1.165) is 0 Å². The van der Waals surface area contributed by atoms with Gasteiger partial charge < -0.3 is 5.11 Å². The molecule has 1 aromatic heterocycles. The Balaban J connectivity index is 2.31. The molecule has 3 N–H and O–H groups in total. The molecular weight excluding hydrogens is 184 g/mol. The lowest BCUT2D eigenvalue weighted by molar-refractivity contribution is 0.145. The molecule has 1 unspecified atom stereocenters. The van der Waals surface area contributed by atoms with Crippen molar-refractivity contribution >= 4 is 11.9 Å².